The van der Waals surface area contributed by atoms with E-state index in [1.54, 1.807) is 12.1 Å². The molecule has 1 aliphatic heterocycles. The molecule has 2 aromatic rings. The maximum Gasteiger partial charge on any atom is 0.344 e. The summed E-state index contributed by atoms with van der Waals surface area (Å²) >= 11 is 6.08. The van der Waals surface area contributed by atoms with E-state index in [9.17, 15) is 4.79 Å². The molecule has 5 nitrogen and oxygen atoms in total. The Morgan fingerprint density at radius 2 is 2.12 bits per heavy atom. The molecule has 0 amide bonds. The predicted molar refractivity (Wildman–Crippen MR) is 88.2 cm³/mol. The van der Waals surface area contributed by atoms with E-state index in [0.29, 0.717) is 28.7 Å². The molecule has 0 bridgehead atoms. The van der Waals surface area contributed by atoms with Gasteiger partial charge in [-0.25, -0.2) is 4.79 Å². The van der Waals surface area contributed by atoms with Crippen LogP contribution in [0, 0.1) is 6.92 Å². The molecule has 0 unspecified atom stereocenters. The summed E-state index contributed by atoms with van der Waals surface area (Å²) in [4.78, 5) is 11.9. The number of ether oxygens (including phenoxy) is 4. The van der Waals surface area contributed by atoms with E-state index < -0.39 is 5.97 Å². The molecule has 0 spiro atoms. The molecule has 126 valence electrons. The van der Waals surface area contributed by atoms with Crippen LogP contribution in [0.4, 0.5) is 0 Å². The van der Waals surface area contributed by atoms with E-state index in [0.717, 1.165) is 11.1 Å². The van der Waals surface area contributed by atoms with Crippen molar-refractivity contribution in [1.29, 1.82) is 0 Å². The second kappa shape index (κ2) is 7.55. The molecule has 0 radical (unpaired) electrons. The average molecular weight is 349 g/mol. The molecule has 3 rings (SSSR count). The van der Waals surface area contributed by atoms with Crippen molar-refractivity contribution >= 4 is 17.6 Å². The van der Waals surface area contributed by atoms with Crippen LogP contribution in [0.5, 0.6) is 11.5 Å². The second-order valence-electron chi connectivity index (χ2n) is 5.38. The number of fused-ring (bicyclic) bond motifs is 1. The fourth-order valence-electron chi connectivity index (χ4n) is 2.42. The van der Waals surface area contributed by atoms with Crippen LogP contribution < -0.4 is 9.47 Å². The summed E-state index contributed by atoms with van der Waals surface area (Å²) in [5, 5.41) is 0.546. The van der Waals surface area contributed by atoms with Gasteiger partial charge in [0.25, 0.3) is 0 Å². The number of para-hydroxylation sites is 1. The number of carbonyl (C=O) groups excluding carboxylic acids is 1. The van der Waals surface area contributed by atoms with Crippen molar-refractivity contribution < 1.29 is 23.7 Å². The fourth-order valence-corrected chi connectivity index (χ4v) is 2.68. The molecule has 1 aliphatic rings. The molecule has 0 saturated heterocycles. The number of hydrogen-bond donors (Lipinski definition) is 0. The van der Waals surface area contributed by atoms with Crippen LogP contribution >= 0.6 is 11.6 Å². The van der Waals surface area contributed by atoms with E-state index in [1.807, 2.05) is 31.2 Å². The first-order valence-corrected chi connectivity index (χ1v) is 7.87. The largest absolute Gasteiger partial charge is 0.482 e. The minimum atomic E-state index is -0.459. The molecular formula is C18H17ClO5. The summed E-state index contributed by atoms with van der Waals surface area (Å²) in [5.74, 6) is 0.868. The van der Waals surface area contributed by atoms with Crippen LogP contribution in [0.15, 0.2) is 36.4 Å². The highest BCUT2D eigenvalue weighted by molar-refractivity contribution is 6.30. The summed E-state index contributed by atoms with van der Waals surface area (Å²) in [7, 11) is 0. The van der Waals surface area contributed by atoms with Gasteiger partial charge in [0.05, 0.1) is 6.61 Å². The maximum atomic E-state index is 11.9. The zero-order chi connectivity index (χ0) is 16.9. The van der Waals surface area contributed by atoms with Crippen LogP contribution in [-0.4, -0.2) is 19.4 Å². The minimum Gasteiger partial charge on any atom is -0.482 e. The number of halogens is 1. The molecule has 0 N–H and O–H groups in total. The maximum absolute atomic E-state index is 11.9. The molecule has 0 fully saturated rings. The van der Waals surface area contributed by atoms with Gasteiger partial charge in [-0.05, 0) is 30.7 Å². The molecule has 1 heterocycles. The van der Waals surface area contributed by atoms with Crippen molar-refractivity contribution in [3.8, 4) is 11.5 Å². The average Bonchev–Trinajstić information content (AvgIpc) is 2.58. The van der Waals surface area contributed by atoms with E-state index in [4.69, 9.17) is 30.5 Å². The van der Waals surface area contributed by atoms with Gasteiger partial charge in [0.1, 0.15) is 18.1 Å². The zero-order valence-electron chi connectivity index (χ0n) is 13.2. The number of esters is 1. The van der Waals surface area contributed by atoms with Gasteiger partial charge in [-0.15, -0.1) is 0 Å². The van der Waals surface area contributed by atoms with Crippen molar-refractivity contribution in [3.05, 3.63) is 58.1 Å². The van der Waals surface area contributed by atoms with Crippen molar-refractivity contribution in [2.75, 3.05) is 13.4 Å². The van der Waals surface area contributed by atoms with Gasteiger partial charge >= 0.3 is 5.97 Å². The van der Waals surface area contributed by atoms with E-state index in [-0.39, 0.29) is 20.0 Å². The molecule has 0 saturated carbocycles. The Bertz CT molecular complexity index is 744. The first kappa shape index (κ1) is 16.6. The first-order chi connectivity index (χ1) is 11.6. The standard InChI is InChI=1S/C18H17ClO5/c1-12-4-2-3-5-16(12)22-10-17(20)23-9-14-7-15(19)6-13-8-21-11-24-18(13)14/h2-7H,8-11H2,1H3. The molecule has 0 atom stereocenters. The molecular weight excluding hydrogens is 332 g/mol. The normalized spacial score (nSPS) is 12.9. The van der Waals surface area contributed by atoms with Gasteiger partial charge < -0.3 is 18.9 Å². The molecule has 24 heavy (non-hydrogen) atoms. The number of hydrogen-bond acceptors (Lipinski definition) is 5. The Kier molecular flexibility index (Phi) is 5.23. The number of rotatable bonds is 5. The van der Waals surface area contributed by atoms with Gasteiger partial charge in [-0.3, -0.25) is 0 Å². The van der Waals surface area contributed by atoms with E-state index in [2.05, 4.69) is 0 Å². The zero-order valence-corrected chi connectivity index (χ0v) is 14.0. The van der Waals surface area contributed by atoms with Gasteiger partial charge in [0.2, 0.25) is 0 Å². The highest BCUT2D eigenvalue weighted by Crippen LogP contribution is 2.32. The lowest BCUT2D eigenvalue weighted by Crippen LogP contribution is -2.17. The van der Waals surface area contributed by atoms with Crippen LogP contribution in [0.2, 0.25) is 5.02 Å². The highest BCUT2D eigenvalue weighted by Gasteiger charge is 2.17. The lowest BCUT2D eigenvalue weighted by molar-refractivity contribution is -0.147. The summed E-state index contributed by atoms with van der Waals surface area (Å²) in [5.41, 5.74) is 2.52. The Labute approximate surface area is 145 Å². The Balaban J connectivity index is 1.59. The van der Waals surface area contributed by atoms with Crippen molar-refractivity contribution in [1.82, 2.24) is 0 Å². The SMILES string of the molecule is Cc1ccccc1OCC(=O)OCc1cc(Cl)cc2c1OCOC2. The smallest absolute Gasteiger partial charge is 0.344 e. The second-order valence-corrected chi connectivity index (χ2v) is 5.82. The van der Waals surface area contributed by atoms with Crippen LogP contribution in [-0.2, 0) is 27.5 Å². The van der Waals surface area contributed by atoms with Gasteiger partial charge in [-0.2, -0.15) is 0 Å². The summed E-state index contributed by atoms with van der Waals surface area (Å²) < 4.78 is 21.4. The predicted octanol–water partition coefficient (Wildman–Crippen LogP) is 3.64. The third-order valence-electron chi connectivity index (χ3n) is 3.58. The Morgan fingerprint density at radius 3 is 2.96 bits per heavy atom. The summed E-state index contributed by atoms with van der Waals surface area (Å²) in [6, 6.07) is 11.0. The first-order valence-electron chi connectivity index (χ1n) is 7.49. The van der Waals surface area contributed by atoms with Crippen molar-refractivity contribution in [2.45, 2.75) is 20.1 Å². The third kappa shape index (κ3) is 3.99. The monoisotopic (exact) mass is 348 g/mol. The molecule has 6 heteroatoms. The molecule has 0 aliphatic carbocycles. The quantitative estimate of drug-likeness (QED) is 0.772. The summed E-state index contributed by atoms with van der Waals surface area (Å²) in [6.45, 7) is 2.42. The highest BCUT2D eigenvalue weighted by atomic mass is 35.5. The number of aryl methyl sites for hydroxylation is 1. The Hall–Kier alpha value is -2.24. The van der Waals surface area contributed by atoms with Crippen LogP contribution in [0.1, 0.15) is 16.7 Å². The minimum absolute atomic E-state index is 0.0683. The van der Waals surface area contributed by atoms with Gasteiger partial charge in [0, 0.05) is 16.1 Å². The van der Waals surface area contributed by atoms with Gasteiger partial charge in [-0.1, -0.05) is 29.8 Å². The van der Waals surface area contributed by atoms with Crippen molar-refractivity contribution in [2.24, 2.45) is 0 Å². The van der Waals surface area contributed by atoms with Crippen LogP contribution in [0.25, 0.3) is 0 Å². The third-order valence-corrected chi connectivity index (χ3v) is 3.80. The van der Waals surface area contributed by atoms with Crippen molar-refractivity contribution in [3.63, 3.8) is 0 Å². The Morgan fingerprint density at radius 1 is 1.29 bits per heavy atom. The number of benzene rings is 2. The topological polar surface area (TPSA) is 54.0 Å². The fraction of sp³-hybridized carbons (Fsp3) is 0.278. The van der Waals surface area contributed by atoms with E-state index >= 15 is 0 Å². The number of carbonyl (C=O) groups is 1. The molecule has 0 aromatic heterocycles. The lowest BCUT2D eigenvalue weighted by atomic mass is 10.1. The lowest BCUT2D eigenvalue weighted by Gasteiger charge is -2.21. The summed E-state index contributed by atoms with van der Waals surface area (Å²) in [6.07, 6.45) is 0. The van der Waals surface area contributed by atoms with E-state index in [1.165, 1.54) is 0 Å². The van der Waals surface area contributed by atoms with Crippen LogP contribution in [0.3, 0.4) is 0 Å². The molecule has 2 aromatic carbocycles. The van der Waals surface area contributed by atoms with Gasteiger partial charge in [0.15, 0.2) is 13.4 Å².